The van der Waals surface area contributed by atoms with E-state index < -0.39 is 12.1 Å². The Morgan fingerprint density at radius 3 is 0.987 bits per heavy atom. The van der Waals surface area contributed by atoms with Crippen molar-refractivity contribution in [3.8, 4) is 0 Å². The Bertz CT molecular complexity index is 1230. The SMILES string of the molecule is CCCCC/C=C\C/C=C\CCCCCCCCCC(=O)OCCCCCCCCCCCCCCCCCCCCCCCCCCCCC(=O)NC(CO)C(O)CCCCCCCCCCCCCCCCCCCCC. The predicted octanol–water partition coefficient (Wildman–Crippen LogP) is 23.3. The molecule has 0 aliphatic heterocycles. The van der Waals surface area contributed by atoms with E-state index in [1.165, 1.54) is 321 Å². The molecule has 0 radical (unpaired) electrons. The molecule has 0 aromatic carbocycles. The topological polar surface area (TPSA) is 95.9 Å². The van der Waals surface area contributed by atoms with E-state index in [4.69, 9.17) is 4.74 Å². The highest BCUT2D eigenvalue weighted by Crippen LogP contribution is 2.19. The van der Waals surface area contributed by atoms with Gasteiger partial charge in [-0.3, -0.25) is 9.59 Å². The van der Waals surface area contributed by atoms with Crippen LogP contribution >= 0.6 is 0 Å². The van der Waals surface area contributed by atoms with Gasteiger partial charge in [-0.25, -0.2) is 0 Å². The van der Waals surface area contributed by atoms with Crippen molar-refractivity contribution < 1.29 is 24.5 Å². The molecular formula is C73H141NO5. The van der Waals surface area contributed by atoms with Crippen LogP contribution in [-0.4, -0.2) is 47.4 Å². The van der Waals surface area contributed by atoms with E-state index in [1.807, 2.05) is 0 Å². The van der Waals surface area contributed by atoms with Crippen molar-refractivity contribution in [2.24, 2.45) is 0 Å². The summed E-state index contributed by atoms with van der Waals surface area (Å²) in [5.74, 6) is -0.0181. The van der Waals surface area contributed by atoms with E-state index in [-0.39, 0.29) is 18.5 Å². The standard InChI is InChI=1S/C73H141NO5/c1-3-5-7-9-11-13-15-17-19-21-30-34-37-41-45-49-53-57-61-65-71(76)70(69-75)74-72(77)66-62-58-54-50-46-42-38-35-31-28-26-24-22-23-25-27-29-32-36-40-44-48-52-56-60-64-68-79-73(78)67-63-59-55-51-47-43-39-33-20-18-16-14-12-10-8-6-4-2/h12,14,18,20,70-71,75-76H,3-11,13,15-17,19,21-69H2,1-2H3,(H,74,77)/b14-12-,20-18-. The molecular weight excluding hydrogens is 971 g/mol. The molecule has 0 saturated heterocycles. The number of allylic oxidation sites excluding steroid dienone is 4. The molecule has 0 fully saturated rings. The van der Waals surface area contributed by atoms with Crippen molar-refractivity contribution in [3.05, 3.63) is 24.3 Å². The summed E-state index contributed by atoms with van der Waals surface area (Å²) in [7, 11) is 0. The van der Waals surface area contributed by atoms with Gasteiger partial charge in [0.15, 0.2) is 0 Å². The van der Waals surface area contributed by atoms with E-state index in [9.17, 15) is 19.8 Å². The molecule has 79 heavy (non-hydrogen) atoms. The third-order valence-electron chi connectivity index (χ3n) is 17.0. The van der Waals surface area contributed by atoms with Gasteiger partial charge in [-0.2, -0.15) is 0 Å². The van der Waals surface area contributed by atoms with Gasteiger partial charge in [0.1, 0.15) is 0 Å². The predicted molar refractivity (Wildman–Crippen MR) is 347 cm³/mol. The maximum Gasteiger partial charge on any atom is 0.305 e. The van der Waals surface area contributed by atoms with Crippen molar-refractivity contribution in [3.63, 3.8) is 0 Å². The lowest BCUT2D eigenvalue weighted by Crippen LogP contribution is -2.45. The maximum absolute atomic E-state index is 12.5. The van der Waals surface area contributed by atoms with E-state index in [0.29, 0.717) is 25.9 Å². The van der Waals surface area contributed by atoms with Crippen LogP contribution in [0.5, 0.6) is 0 Å². The second-order valence-corrected chi connectivity index (χ2v) is 24.9. The Balaban J connectivity index is 3.35. The fraction of sp³-hybridized carbons (Fsp3) is 0.918. The average molecular weight is 1110 g/mol. The second-order valence-electron chi connectivity index (χ2n) is 24.9. The Hall–Kier alpha value is -1.66. The first kappa shape index (κ1) is 77.3. The first-order chi connectivity index (χ1) is 39.0. The fourth-order valence-corrected chi connectivity index (χ4v) is 11.5. The number of carbonyl (C=O) groups is 2. The van der Waals surface area contributed by atoms with Crippen molar-refractivity contribution in [2.75, 3.05) is 13.2 Å². The summed E-state index contributed by atoms with van der Waals surface area (Å²) in [4.78, 5) is 24.6. The third kappa shape index (κ3) is 65.4. The number of esters is 1. The van der Waals surface area contributed by atoms with E-state index >= 15 is 0 Å². The number of unbranched alkanes of at least 4 members (excludes halogenated alkanes) is 53. The molecule has 0 heterocycles. The lowest BCUT2D eigenvalue weighted by atomic mass is 10.0. The van der Waals surface area contributed by atoms with E-state index in [0.717, 1.165) is 51.4 Å². The minimum Gasteiger partial charge on any atom is -0.466 e. The molecule has 1 amide bonds. The Kier molecular flexibility index (Phi) is 67.4. The molecule has 2 atom stereocenters. The zero-order chi connectivity index (χ0) is 57.1. The number of rotatable bonds is 68. The van der Waals surface area contributed by atoms with Crippen LogP contribution in [0.2, 0.25) is 0 Å². The molecule has 6 heteroatoms. The van der Waals surface area contributed by atoms with Gasteiger partial charge in [0.2, 0.25) is 5.91 Å². The largest absolute Gasteiger partial charge is 0.466 e. The summed E-state index contributed by atoms with van der Waals surface area (Å²) >= 11 is 0. The number of ether oxygens (including phenoxy) is 1. The molecule has 2 unspecified atom stereocenters. The summed E-state index contributed by atoms with van der Waals surface area (Å²) in [6.07, 6.45) is 86.5. The Morgan fingerprint density at radius 2 is 0.633 bits per heavy atom. The molecule has 0 spiro atoms. The maximum atomic E-state index is 12.5. The highest BCUT2D eigenvalue weighted by Gasteiger charge is 2.20. The third-order valence-corrected chi connectivity index (χ3v) is 17.0. The summed E-state index contributed by atoms with van der Waals surface area (Å²) in [5, 5.41) is 23.4. The number of aliphatic hydroxyl groups is 2. The van der Waals surface area contributed by atoms with Crippen molar-refractivity contribution in [1.29, 1.82) is 0 Å². The van der Waals surface area contributed by atoms with Crippen LogP contribution in [0, 0.1) is 0 Å². The molecule has 6 nitrogen and oxygen atoms in total. The van der Waals surface area contributed by atoms with Gasteiger partial charge in [-0.1, -0.05) is 359 Å². The van der Waals surface area contributed by atoms with Crippen molar-refractivity contribution in [2.45, 2.75) is 418 Å². The lowest BCUT2D eigenvalue weighted by Gasteiger charge is -2.22. The van der Waals surface area contributed by atoms with Gasteiger partial charge in [0.05, 0.1) is 25.4 Å². The summed E-state index contributed by atoms with van der Waals surface area (Å²) in [6.45, 7) is 4.97. The Morgan fingerprint density at radius 1 is 0.354 bits per heavy atom. The van der Waals surface area contributed by atoms with Crippen LogP contribution in [0.25, 0.3) is 0 Å². The average Bonchev–Trinajstić information content (AvgIpc) is 3.45. The van der Waals surface area contributed by atoms with Crippen LogP contribution in [-0.2, 0) is 14.3 Å². The fourth-order valence-electron chi connectivity index (χ4n) is 11.5. The van der Waals surface area contributed by atoms with Crippen LogP contribution < -0.4 is 5.32 Å². The molecule has 0 saturated carbocycles. The van der Waals surface area contributed by atoms with Crippen LogP contribution in [0.15, 0.2) is 24.3 Å². The molecule has 0 bridgehead atoms. The molecule has 0 aliphatic rings. The van der Waals surface area contributed by atoms with Crippen LogP contribution in [0.4, 0.5) is 0 Å². The van der Waals surface area contributed by atoms with Gasteiger partial charge >= 0.3 is 5.97 Å². The molecule has 0 aliphatic carbocycles. The zero-order valence-corrected chi connectivity index (χ0v) is 53.6. The quantitative estimate of drug-likeness (QED) is 0.0320. The molecule has 0 aromatic heterocycles. The highest BCUT2D eigenvalue weighted by molar-refractivity contribution is 5.76. The number of aliphatic hydroxyl groups excluding tert-OH is 2. The molecule has 468 valence electrons. The minimum atomic E-state index is -0.663. The van der Waals surface area contributed by atoms with Gasteiger partial charge in [-0.05, 0) is 57.8 Å². The molecule has 0 rings (SSSR count). The highest BCUT2D eigenvalue weighted by atomic mass is 16.5. The Labute approximate surface area is 494 Å². The molecule has 0 aromatic rings. The van der Waals surface area contributed by atoms with E-state index in [2.05, 4.69) is 43.5 Å². The van der Waals surface area contributed by atoms with Gasteiger partial charge in [0.25, 0.3) is 0 Å². The zero-order valence-electron chi connectivity index (χ0n) is 53.6. The normalized spacial score (nSPS) is 12.6. The van der Waals surface area contributed by atoms with Gasteiger partial charge < -0.3 is 20.3 Å². The van der Waals surface area contributed by atoms with Gasteiger partial charge in [0, 0.05) is 12.8 Å². The first-order valence-corrected chi connectivity index (χ1v) is 36.1. The van der Waals surface area contributed by atoms with E-state index in [1.54, 1.807) is 0 Å². The van der Waals surface area contributed by atoms with Crippen molar-refractivity contribution in [1.82, 2.24) is 5.32 Å². The number of hydrogen-bond acceptors (Lipinski definition) is 5. The monoisotopic (exact) mass is 1110 g/mol. The second kappa shape index (κ2) is 68.8. The summed E-state index contributed by atoms with van der Waals surface area (Å²) < 4.78 is 5.50. The van der Waals surface area contributed by atoms with Gasteiger partial charge in [-0.15, -0.1) is 0 Å². The number of amides is 1. The smallest absolute Gasteiger partial charge is 0.305 e. The number of carbonyl (C=O) groups excluding carboxylic acids is 2. The van der Waals surface area contributed by atoms with Crippen molar-refractivity contribution >= 4 is 11.9 Å². The number of nitrogens with one attached hydrogen (secondary N) is 1. The summed E-state index contributed by atoms with van der Waals surface area (Å²) in [5.41, 5.74) is 0. The lowest BCUT2D eigenvalue weighted by molar-refractivity contribution is -0.143. The molecule has 3 N–H and O–H groups in total. The minimum absolute atomic E-state index is 0.0104. The first-order valence-electron chi connectivity index (χ1n) is 36.1. The summed E-state index contributed by atoms with van der Waals surface area (Å²) in [6, 6.07) is -0.540. The van der Waals surface area contributed by atoms with Crippen LogP contribution in [0.1, 0.15) is 406 Å². The van der Waals surface area contributed by atoms with Crippen LogP contribution in [0.3, 0.4) is 0 Å². The number of hydrogen-bond donors (Lipinski definition) is 3.